The van der Waals surface area contributed by atoms with Crippen LogP contribution < -0.4 is 16.0 Å². The number of benzene rings is 3. The normalized spacial score (nSPS) is 12.7. The van der Waals surface area contributed by atoms with Crippen molar-refractivity contribution >= 4 is 51.8 Å². The number of carboxylic acid groups (broad SMARTS) is 1. The van der Waals surface area contributed by atoms with Gasteiger partial charge in [-0.15, -0.1) is 0 Å². The van der Waals surface area contributed by atoms with Gasteiger partial charge in [-0.25, -0.2) is 14.4 Å². The molecule has 0 unspecified atom stereocenters. The van der Waals surface area contributed by atoms with Crippen LogP contribution in [0.4, 0.5) is 9.59 Å². The lowest BCUT2D eigenvalue weighted by molar-refractivity contribution is -0.141. The topological polar surface area (TPSA) is 176 Å². The summed E-state index contributed by atoms with van der Waals surface area (Å²) in [6, 6.07) is 21.7. The van der Waals surface area contributed by atoms with E-state index < -0.39 is 47.3 Å². The van der Waals surface area contributed by atoms with E-state index in [9.17, 15) is 29.1 Å². The van der Waals surface area contributed by atoms with Crippen LogP contribution in [0.15, 0.2) is 91.1 Å². The Labute approximate surface area is 269 Å². The maximum Gasteiger partial charge on any atom is 0.408 e. The number of hydrogen-bond acceptors (Lipinski definition) is 8. The minimum atomic E-state index is -1.48. The zero-order valence-electron chi connectivity index (χ0n) is 24.9. The Balaban J connectivity index is 1.35. The Hall–Kier alpha value is -5.30. The summed E-state index contributed by atoms with van der Waals surface area (Å²) < 4.78 is 10.4. The van der Waals surface area contributed by atoms with E-state index in [1.807, 2.05) is 36.4 Å². The first-order valence-electron chi connectivity index (χ1n) is 14.4. The van der Waals surface area contributed by atoms with Crippen LogP contribution in [0, 0.1) is 0 Å². The van der Waals surface area contributed by atoms with Crippen molar-refractivity contribution in [1.29, 1.82) is 0 Å². The van der Waals surface area contributed by atoms with E-state index in [1.165, 1.54) is 6.92 Å². The van der Waals surface area contributed by atoms with Crippen molar-refractivity contribution in [2.24, 2.45) is 0 Å². The number of fused-ring (bicyclic) bond motifs is 1. The second-order valence-corrected chi connectivity index (χ2v) is 11.3. The number of carbonyl (C=O) groups excluding carboxylic acids is 4. The van der Waals surface area contributed by atoms with Crippen molar-refractivity contribution < 1.29 is 38.6 Å². The Bertz CT molecular complexity index is 1650. The molecule has 0 radical (unpaired) electrons. The van der Waals surface area contributed by atoms with Gasteiger partial charge < -0.3 is 35.5 Å². The van der Waals surface area contributed by atoms with Gasteiger partial charge >= 0.3 is 18.2 Å². The summed E-state index contributed by atoms with van der Waals surface area (Å²) in [5, 5.41) is 17.5. The summed E-state index contributed by atoms with van der Waals surface area (Å²) in [6.07, 6.45) is 0.0727. The van der Waals surface area contributed by atoms with Gasteiger partial charge in [0, 0.05) is 29.3 Å². The highest BCUT2D eigenvalue weighted by Crippen LogP contribution is 2.19. The van der Waals surface area contributed by atoms with Crippen LogP contribution in [-0.4, -0.2) is 63.1 Å². The van der Waals surface area contributed by atoms with Crippen molar-refractivity contribution in [2.75, 3.05) is 5.75 Å². The number of ether oxygens (including phenoxy) is 2. The molecule has 3 amide bonds. The number of amides is 3. The molecule has 3 atom stereocenters. The summed E-state index contributed by atoms with van der Waals surface area (Å²) in [7, 11) is 0. The molecule has 240 valence electrons. The van der Waals surface area contributed by atoms with Crippen LogP contribution in [0.2, 0.25) is 0 Å². The first kappa shape index (κ1) is 33.6. The molecule has 0 aliphatic carbocycles. The van der Waals surface area contributed by atoms with E-state index in [0.717, 1.165) is 27.6 Å². The molecule has 46 heavy (non-hydrogen) atoms. The number of nitrogens with one attached hydrogen (secondary N) is 4. The third-order valence-corrected chi connectivity index (χ3v) is 7.97. The maximum absolute atomic E-state index is 13.4. The molecule has 0 bridgehead atoms. The average molecular weight is 647 g/mol. The number of carboxylic acids is 1. The molecule has 5 N–H and O–H groups in total. The van der Waals surface area contributed by atoms with Gasteiger partial charge in [-0.2, -0.15) is 0 Å². The molecule has 0 saturated heterocycles. The Morgan fingerprint density at radius 1 is 0.761 bits per heavy atom. The van der Waals surface area contributed by atoms with Crippen molar-refractivity contribution in [3.8, 4) is 0 Å². The van der Waals surface area contributed by atoms with Gasteiger partial charge in [-0.3, -0.25) is 9.59 Å². The van der Waals surface area contributed by atoms with Crippen molar-refractivity contribution in [1.82, 2.24) is 20.9 Å². The summed E-state index contributed by atoms with van der Waals surface area (Å²) >= 11 is 0.636. The summed E-state index contributed by atoms with van der Waals surface area (Å²) in [4.78, 5) is 66.1. The van der Waals surface area contributed by atoms with Crippen LogP contribution in [0.3, 0.4) is 0 Å². The number of H-pyrrole nitrogens is 1. The maximum atomic E-state index is 13.4. The van der Waals surface area contributed by atoms with E-state index in [2.05, 4.69) is 20.9 Å². The predicted molar refractivity (Wildman–Crippen MR) is 172 cm³/mol. The lowest BCUT2D eigenvalue weighted by atomic mass is 10.0. The highest BCUT2D eigenvalue weighted by atomic mass is 32.2. The summed E-state index contributed by atoms with van der Waals surface area (Å²) in [5.74, 6) is -2.49. The third-order valence-electron chi connectivity index (χ3n) is 6.83. The average Bonchev–Trinajstić information content (AvgIpc) is 3.47. The molecule has 0 fully saturated rings. The smallest absolute Gasteiger partial charge is 0.408 e. The monoisotopic (exact) mass is 646 g/mol. The van der Waals surface area contributed by atoms with Gasteiger partial charge in [0.05, 0.1) is 6.04 Å². The Morgan fingerprint density at radius 2 is 1.33 bits per heavy atom. The molecular formula is C33H34N4O8S. The fourth-order valence-electron chi connectivity index (χ4n) is 4.37. The first-order valence-corrected chi connectivity index (χ1v) is 15.4. The van der Waals surface area contributed by atoms with E-state index in [0.29, 0.717) is 11.8 Å². The van der Waals surface area contributed by atoms with Crippen molar-refractivity contribution in [3.63, 3.8) is 0 Å². The van der Waals surface area contributed by atoms with E-state index in [1.54, 1.807) is 54.7 Å². The number of hydrogen-bond donors (Lipinski definition) is 5. The number of thioether (sulfide) groups is 1. The molecule has 1 heterocycles. The number of aromatic nitrogens is 1. The molecule has 4 aromatic rings. The lowest BCUT2D eigenvalue weighted by Gasteiger charge is -2.21. The first-order chi connectivity index (χ1) is 22.2. The number of rotatable bonds is 14. The number of carbonyl (C=O) groups is 5. The van der Waals surface area contributed by atoms with Gasteiger partial charge in [0.15, 0.2) is 0 Å². The standard InChI is InChI=1S/C33H34N4O8S/c1-21(35-32(42)44-18-22-10-4-2-5-11-22)31(41)46-20-28(30(39)40)36-29(38)27(16-24-17-34-26-15-9-8-14-25(24)26)37-33(43)45-19-23-12-6-3-7-13-23/h2-15,17,21,27-28,34H,16,18-20H2,1H3,(H,35,42)(H,36,38)(H,37,43)(H,39,40)/t21-,27-,28-/m0/s1. The quantitative estimate of drug-likeness (QED) is 0.135. The highest BCUT2D eigenvalue weighted by molar-refractivity contribution is 8.13. The minimum absolute atomic E-state index is 0.0153. The Kier molecular flexibility index (Phi) is 12.2. The molecule has 0 saturated carbocycles. The van der Waals surface area contributed by atoms with Gasteiger partial charge in [0.2, 0.25) is 11.0 Å². The number of para-hydroxylation sites is 1. The molecular weight excluding hydrogens is 612 g/mol. The zero-order chi connectivity index (χ0) is 32.9. The Morgan fingerprint density at radius 3 is 1.93 bits per heavy atom. The molecule has 0 aliphatic heterocycles. The van der Waals surface area contributed by atoms with Crippen LogP contribution in [0.1, 0.15) is 23.6 Å². The van der Waals surface area contributed by atoms with Crippen LogP contribution in [0.25, 0.3) is 10.9 Å². The molecule has 12 nitrogen and oxygen atoms in total. The van der Waals surface area contributed by atoms with E-state index in [4.69, 9.17) is 9.47 Å². The molecule has 0 spiro atoms. The summed E-state index contributed by atoms with van der Waals surface area (Å²) in [5.41, 5.74) is 3.06. The van der Waals surface area contributed by atoms with Crippen LogP contribution >= 0.6 is 11.8 Å². The fourth-order valence-corrected chi connectivity index (χ4v) is 5.24. The van der Waals surface area contributed by atoms with Gasteiger partial charge in [-0.1, -0.05) is 90.6 Å². The number of alkyl carbamates (subject to hydrolysis) is 2. The SMILES string of the molecule is C[C@H](NC(=O)OCc1ccccc1)C(=O)SC[C@H](NC(=O)[C@H](Cc1c[nH]c2ccccc12)NC(=O)OCc1ccccc1)C(=O)O. The predicted octanol–water partition coefficient (Wildman–Crippen LogP) is 4.15. The molecule has 3 aromatic carbocycles. The zero-order valence-corrected chi connectivity index (χ0v) is 25.8. The minimum Gasteiger partial charge on any atom is -0.480 e. The van der Waals surface area contributed by atoms with Crippen molar-refractivity contribution in [2.45, 2.75) is 44.7 Å². The van der Waals surface area contributed by atoms with Crippen molar-refractivity contribution in [3.05, 3.63) is 108 Å². The number of aromatic amines is 1. The molecule has 0 aliphatic rings. The molecule has 1 aromatic heterocycles. The largest absolute Gasteiger partial charge is 0.480 e. The van der Waals surface area contributed by atoms with E-state index >= 15 is 0 Å². The molecule has 13 heteroatoms. The fraction of sp³-hybridized carbons (Fsp3) is 0.242. The van der Waals surface area contributed by atoms with Gasteiger partial charge in [-0.05, 0) is 29.7 Å². The van der Waals surface area contributed by atoms with Gasteiger partial charge in [0.25, 0.3) is 0 Å². The summed E-state index contributed by atoms with van der Waals surface area (Å²) in [6.45, 7) is 1.42. The lowest BCUT2D eigenvalue weighted by Crippen LogP contribution is -2.53. The van der Waals surface area contributed by atoms with E-state index in [-0.39, 0.29) is 25.4 Å². The number of aliphatic carboxylic acids is 1. The van der Waals surface area contributed by atoms with Gasteiger partial charge in [0.1, 0.15) is 25.3 Å². The van der Waals surface area contributed by atoms with Crippen LogP contribution in [0.5, 0.6) is 0 Å². The second-order valence-electron chi connectivity index (χ2n) is 10.3. The highest BCUT2D eigenvalue weighted by Gasteiger charge is 2.29. The second kappa shape index (κ2) is 16.7. The third kappa shape index (κ3) is 10.1. The van der Waals surface area contributed by atoms with Crippen LogP contribution in [-0.2, 0) is 43.5 Å². The molecule has 4 rings (SSSR count).